The van der Waals surface area contributed by atoms with Crippen LogP contribution in [0.2, 0.25) is 0 Å². The summed E-state index contributed by atoms with van der Waals surface area (Å²) in [5, 5.41) is 3.34. The minimum atomic E-state index is 0.524. The first kappa shape index (κ1) is 16.0. The Kier molecular flexibility index (Phi) is 6.89. The Hall–Kier alpha value is -1.06. The zero-order chi connectivity index (χ0) is 14.3. The minimum Gasteiger partial charge on any atom is -0.496 e. The van der Waals surface area contributed by atoms with Gasteiger partial charge in [-0.05, 0) is 37.0 Å². The number of nitrogens with one attached hydrogen (secondary N) is 1. The van der Waals surface area contributed by atoms with Gasteiger partial charge in [-0.1, -0.05) is 26.0 Å². The molecule has 0 bridgehead atoms. The number of methoxy groups -OCH3 is 1. The lowest BCUT2D eigenvalue weighted by Crippen LogP contribution is -2.26. The quantitative estimate of drug-likeness (QED) is 0.733. The summed E-state index contributed by atoms with van der Waals surface area (Å²) in [4.78, 5) is 0. The molecule has 3 nitrogen and oxygen atoms in total. The second-order valence-electron chi connectivity index (χ2n) is 5.23. The van der Waals surface area contributed by atoms with E-state index in [1.165, 1.54) is 16.7 Å². The molecular formula is C16H27NO2. The van der Waals surface area contributed by atoms with Crippen LogP contribution < -0.4 is 10.1 Å². The van der Waals surface area contributed by atoms with E-state index < -0.39 is 0 Å². The van der Waals surface area contributed by atoms with Crippen molar-refractivity contribution < 1.29 is 9.47 Å². The first-order valence-corrected chi connectivity index (χ1v) is 6.99. The summed E-state index contributed by atoms with van der Waals surface area (Å²) in [6.45, 7) is 10.9. The van der Waals surface area contributed by atoms with Gasteiger partial charge < -0.3 is 14.8 Å². The molecule has 1 aromatic rings. The first-order valence-electron chi connectivity index (χ1n) is 6.99. The number of hydrogen-bond donors (Lipinski definition) is 1. The van der Waals surface area contributed by atoms with E-state index in [0.29, 0.717) is 6.04 Å². The summed E-state index contributed by atoms with van der Waals surface area (Å²) in [7, 11) is 1.72. The number of hydrogen-bond acceptors (Lipinski definition) is 3. The van der Waals surface area contributed by atoms with Gasteiger partial charge in [-0.3, -0.25) is 0 Å². The average Bonchev–Trinajstić information content (AvgIpc) is 2.33. The van der Waals surface area contributed by atoms with Gasteiger partial charge in [0.1, 0.15) is 5.75 Å². The summed E-state index contributed by atoms with van der Waals surface area (Å²) in [6.07, 6.45) is 0.952. The molecular weight excluding hydrogens is 238 g/mol. The van der Waals surface area contributed by atoms with Gasteiger partial charge in [0.15, 0.2) is 0 Å². The Balaban J connectivity index is 2.34. The second-order valence-corrected chi connectivity index (χ2v) is 5.23. The fraction of sp³-hybridized carbons (Fsp3) is 0.625. The average molecular weight is 265 g/mol. The number of rotatable bonds is 8. The van der Waals surface area contributed by atoms with Crippen molar-refractivity contribution in [2.24, 2.45) is 0 Å². The van der Waals surface area contributed by atoms with Gasteiger partial charge in [0, 0.05) is 12.6 Å². The molecule has 3 heteroatoms. The van der Waals surface area contributed by atoms with Crippen molar-refractivity contribution in [3.8, 4) is 5.75 Å². The Morgan fingerprint density at radius 3 is 2.26 bits per heavy atom. The Labute approximate surface area is 117 Å². The summed E-state index contributed by atoms with van der Waals surface area (Å²) < 4.78 is 11.0. The highest BCUT2D eigenvalue weighted by molar-refractivity contribution is 5.43. The molecule has 0 saturated carbocycles. The normalized spacial score (nSPS) is 11.1. The largest absolute Gasteiger partial charge is 0.496 e. The van der Waals surface area contributed by atoms with Gasteiger partial charge >= 0.3 is 0 Å². The predicted molar refractivity (Wildman–Crippen MR) is 80.1 cm³/mol. The van der Waals surface area contributed by atoms with Gasteiger partial charge in [-0.25, -0.2) is 0 Å². The highest BCUT2D eigenvalue weighted by atomic mass is 16.5. The molecule has 0 unspecified atom stereocenters. The van der Waals surface area contributed by atoms with Crippen LogP contribution in [0.4, 0.5) is 0 Å². The van der Waals surface area contributed by atoms with Crippen LogP contribution in [-0.2, 0) is 11.2 Å². The monoisotopic (exact) mass is 265 g/mol. The van der Waals surface area contributed by atoms with Crippen LogP contribution in [-0.4, -0.2) is 32.9 Å². The van der Waals surface area contributed by atoms with Crippen LogP contribution in [0.1, 0.15) is 30.5 Å². The summed E-state index contributed by atoms with van der Waals surface area (Å²) >= 11 is 0. The molecule has 0 aliphatic rings. The highest BCUT2D eigenvalue weighted by Crippen LogP contribution is 2.24. The third-order valence-corrected chi connectivity index (χ3v) is 3.06. The molecule has 0 aromatic heterocycles. The van der Waals surface area contributed by atoms with Gasteiger partial charge in [0.2, 0.25) is 0 Å². The van der Waals surface area contributed by atoms with E-state index in [9.17, 15) is 0 Å². The Morgan fingerprint density at radius 2 is 1.74 bits per heavy atom. The van der Waals surface area contributed by atoms with Gasteiger partial charge in [0.05, 0.1) is 20.3 Å². The van der Waals surface area contributed by atoms with Crippen molar-refractivity contribution in [2.45, 2.75) is 40.2 Å². The zero-order valence-corrected chi connectivity index (χ0v) is 12.9. The number of ether oxygens (including phenoxy) is 2. The van der Waals surface area contributed by atoms with Crippen molar-refractivity contribution in [2.75, 3.05) is 26.9 Å². The lowest BCUT2D eigenvalue weighted by Gasteiger charge is -2.12. The Bertz CT molecular complexity index is 365. The molecule has 0 aliphatic carbocycles. The molecule has 0 heterocycles. The van der Waals surface area contributed by atoms with E-state index in [1.54, 1.807) is 7.11 Å². The van der Waals surface area contributed by atoms with E-state index in [2.05, 4.69) is 45.1 Å². The maximum atomic E-state index is 5.63. The standard InChI is InChI=1S/C16H27NO2/c1-12(2)17-7-9-19-8-6-15-10-13(3)16(18-5)14(4)11-15/h10-12,17H,6-9H2,1-5H3. The maximum absolute atomic E-state index is 5.63. The van der Waals surface area contributed by atoms with Crippen molar-refractivity contribution in [1.82, 2.24) is 5.32 Å². The van der Waals surface area contributed by atoms with Crippen LogP contribution in [0.5, 0.6) is 5.75 Å². The van der Waals surface area contributed by atoms with Gasteiger partial charge in [0.25, 0.3) is 0 Å². The number of aryl methyl sites for hydroxylation is 2. The maximum Gasteiger partial charge on any atom is 0.124 e. The van der Waals surface area contributed by atoms with Crippen LogP contribution >= 0.6 is 0 Å². The molecule has 0 amide bonds. The van der Waals surface area contributed by atoms with Crippen molar-refractivity contribution in [3.05, 3.63) is 28.8 Å². The van der Waals surface area contributed by atoms with E-state index in [0.717, 1.165) is 31.9 Å². The SMILES string of the molecule is COc1c(C)cc(CCOCCNC(C)C)cc1C. The predicted octanol–water partition coefficient (Wildman–Crippen LogP) is 2.87. The molecule has 1 N–H and O–H groups in total. The van der Waals surface area contributed by atoms with E-state index in [4.69, 9.17) is 9.47 Å². The zero-order valence-electron chi connectivity index (χ0n) is 12.9. The third kappa shape index (κ3) is 5.62. The lowest BCUT2D eigenvalue weighted by atomic mass is 10.0. The Morgan fingerprint density at radius 1 is 1.11 bits per heavy atom. The summed E-state index contributed by atoms with van der Waals surface area (Å²) in [5.74, 6) is 0.991. The van der Waals surface area contributed by atoms with Gasteiger partial charge in [-0.2, -0.15) is 0 Å². The lowest BCUT2D eigenvalue weighted by molar-refractivity contribution is 0.137. The van der Waals surface area contributed by atoms with E-state index in [1.807, 2.05) is 0 Å². The van der Waals surface area contributed by atoms with Crippen LogP contribution in [0, 0.1) is 13.8 Å². The highest BCUT2D eigenvalue weighted by Gasteiger charge is 2.05. The molecule has 0 fully saturated rings. The molecule has 0 atom stereocenters. The van der Waals surface area contributed by atoms with E-state index in [-0.39, 0.29) is 0 Å². The third-order valence-electron chi connectivity index (χ3n) is 3.06. The fourth-order valence-electron chi connectivity index (χ4n) is 2.22. The van der Waals surface area contributed by atoms with Crippen LogP contribution in [0.3, 0.4) is 0 Å². The smallest absolute Gasteiger partial charge is 0.124 e. The molecule has 1 aromatic carbocycles. The van der Waals surface area contributed by atoms with Gasteiger partial charge in [-0.15, -0.1) is 0 Å². The topological polar surface area (TPSA) is 30.5 Å². The second kappa shape index (κ2) is 8.18. The van der Waals surface area contributed by atoms with Crippen LogP contribution in [0.25, 0.3) is 0 Å². The van der Waals surface area contributed by atoms with Crippen LogP contribution in [0.15, 0.2) is 12.1 Å². The molecule has 0 aliphatic heterocycles. The molecule has 19 heavy (non-hydrogen) atoms. The van der Waals surface area contributed by atoms with Crippen molar-refractivity contribution in [3.63, 3.8) is 0 Å². The first-order chi connectivity index (χ1) is 9.04. The van der Waals surface area contributed by atoms with Crippen molar-refractivity contribution >= 4 is 0 Å². The minimum absolute atomic E-state index is 0.524. The molecule has 108 valence electrons. The molecule has 0 radical (unpaired) electrons. The fourth-order valence-corrected chi connectivity index (χ4v) is 2.22. The molecule has 1 rings (SSSR count). The van der Waals surface area contributed by atoms with E-state index >= 15 is 0 Å². The summed E-state index contributed by atoms with van der Waals surface area (Å²) in [6, 6.07) is 4.89. The molecule has 0 spiro atoms. The molecule has 0 saturated heterocycles. The number of benzene rings is 1. The summed E-state index contributed by atoms with van der Waals surface area (Å²) in [5.41, 5.74) is 3.70. The van der Waals surface area contributed by atoms with Crippen molar-refractivity contribution in [1.29, 1.82) is 0 Å².